The highest BCUT2D eigenvalue weighted by Crippen LogP contribution is 2.50. The number of benzene rings is 3. The Labute approximate surface area is 256 Å². The topological polar surface area (TPSA) is 117 Å². The van der Waals surface area contributed by atoms with E-state index in [1.807, 2.05) is 37.3 Å². The zero-order chi connectivity index (χ0) is 31.9. The fourth-order valence-electron chi connectivity index (χ4n) is 5.12. The van der Waals surface area contributed by atoms with Gasteiger partial charge in [0.2, 0.25) is 0 Å². The van der Waals surface area contributed by atoms with Gasteiger partial charge in [0.25, 0.3) is 5.91 Å². The van der Waals surface area contributed by atoms with Crippen LogP contribution < -0.4 is 20.3 Å². The van der Waals surface area contributed by atoms with E-state index in [0.29, 0.717) is 37.0 Å². The normalized spacial score (nSPS) is 17.0. The number of rotatable bonds is 12. The van der Waals surface area contributed by atoms with Crippen molar-refractivity contribution < 1.29 is 36.6 Å². The maximum atomic E-state index is 13.8. The van der Waals surface area contributed by atoms with Crippen molar-refractivity contribution >= 4 is 28.1 Å². The summed E-state index contributed by atoms with van der Waals surface area (Å²) >= 11 is 0. The lowest BCUT2D eigenvalue weighted by Crippen LogP contribution is -2.48. The number of anilines is 2. The molecule has 0 spiro atoms. The number of aliphatic hydroxyl groups excluding tert-OH is 1. The van der Waals surface area contributed by atoms with Crippen LogP contribution >= 0.6 is 10.8 Å². The van der Waals surface area contributed by atoms with Gasteiger partial charge in [-0.15, -0.1) is 10.8 Å². The number of halogens is 4. The molecular weight excluding hydrogens is 600 g/mol. The zero-order valence-corrected chi connectivity index (χ0v) is 25.1. The Morgan fingerprint density at radius 3 is 2.45 bits per heavy atom. The second-order valence-corrected chi connectivity index (χ2v) is 12.9. The van der Waals surface area contributed by atoms with Gasteiger partial charge in [0.15, 0.2) is 0 Å². The first-order chi connectivity index (χ1) is 20.9. The first kappa shape index (κ1) is 33.5. The van der Waals surface area contributed by atoms with E-state index >= 15 is 0 Å². The van der Waals surface area contributed by atoms with Gasteiger partial charge in [0.05, 0.1) is 29.1 Å². The molecule has 44 heavy (non-hydrogen) atoms. The van der Waals surface area contributed by atoms with Gasteiger partial charge in [-0.1, -0.05) is 30.3 Å². The molecule has 1 aliphatic heterocycles. The molecule has 1 heterocycles. The van der Waals surface area contributed by atoms with E-state index in [1.54, 1.807) is 18.2 Å². The lowest BCUT2D eigenvalue weighted by Gasteiger charge is -2.47. The first-order valence-electron chi connectivity index (χ1n) is 14.4. The van der Waals surface area contributed by atoms with Gasteiger partial charge in [-0.2, -0.15) is 13.2 Å². The van der Waals surface area contributed by atoms with Crippen LogP contribution in [0.5, 0.6) is 0 Å². The molecule has 1 saturated heterocycles. The molecule has 0 saturated carbocycles. The van der Waals surface area contributed by atoms with Crippen molar-refractivity contribution in [3.05, 3.63) is 94.8 Å². The molecule has 2 atom stereocenters. The molecule has 0 bridgehead atoms. The molecule has 0 aromatic heterocycles. The van der Waals surface area contributed by atoms with E-state index < -0.39 is 46.4 Å². The quantitative estimate of drug-likeness (QED) is 0.134. The summed E-state index contributed by atoms with van der Waals surface area (Å²) in [5.41, 5.74) is 1.14. The minimum Gasteiger partial charge on any atom is -0.390 e. The predicted octanol–water partition coefficient (Wildman–Crippen LogP) is 6.03. The fourth-order valence-corrected chi connectivity index (χ4v) is 6.80. The number of carbonyl (C=O) groups excluding carboxylic acids is 1. The van der Waals surface area contributed by atoms with Crippen LogP contribution in [0.1, 0.15) is 46.8 Å². The molecule has 1 fully saturated rings. The molecular formula is C31H38F4N4O4S. The smallest absolute Gasteiger partial charge is 0.390 e. The average Bonchev–Trinajstić information content (AvgIpc) is 2.96. The molecule has 6 N–H and O–H groups in total. The average molecular weight is 639 g/mol. The number of aliphatic hydroxyl groups is 1. The summed E-state index contributed by atoms with van der Waals surface area (Å²) in [5.74, 6) is -1.28. The van der Waals surface area contributed by atoms with E-state index in [1.165, 1.54) is 4.31 Å². The second kappa shape index (κ2) is 14.6. The number of alkyl halides is 3. The Morgan fingerprint density at radius 2 is 1.77 bits per heavy atom. The first-order valence-corrected chi connectivity index (χ1v) is 16.1. The van der Waals surface area contributed by atoms with Gasteiger partial charge in [-0.05, 0) is 73.7 Å². The fraction of sp³-hybridized carbons (Fsp3) is 0.387. The minimum atomic E-state index is -4.70. The maximum absolute atomic E-state index is 13.8. The summed E-state index contributed by atoms with van der Waals surface area (Å²) in [5, 5.41) is 20.1. The van der Waals surface area contributed by atoms with Crippen LogP contribution in [-0.2, 0) is 19.1 Å². The Bertz CT molecular complexity index is 1410. The van der Waals surface area contributed by atoms with Gasteiger partial charge >= 0.3 is 6.18 Å². The Hall–Kier alpha value is -3.36. The van der Waals surface area contributed by atoms with Crippen molar-refractivity contribution in [1.82, 2.24) is 10.6 Å². The van der Waals surface area contributed by atoms with Crippen molar-refractivity contribution in [2.24, 2.45) is 0 Å². The number of hydrogen-bond donors (Lipinski definition) is 6. The monoisotopic (exact) mass is 638 g/mol. The summed E-state index contributed by atoms with van der Waals surface area (Å²) in [6.45, 7) is 2.65. The van der Waals surface area contributed by atoms with Crippen LogP contribution in [-0.4, -0.2) is 57.7 Å². The summed E-state index contributed by atoms with van der Waals surface area (Å²) in [6.07, 6.45) is -4.15. The summed E-state index contributed by atoms with van der Waals surface area (Å²) in [7, 11) is -3.04. The standard InChI is InChI=1S/C31H38F4N4O4S/c1-2-37-26-15-23(16-27(18-26)39-10-6-7-11-44(39,42)43)30(41)38-28(14-21-8-4-3-5-9-21)29(40)20-36-19-22-12-24(31(33,34)35)17-25(32)13-22/h3-5,8-9,12-13,15-18,28-29,36-37,40,42-43H,2,6-7,10-11,14,19-20H2,1H3,(H,38,41)/t28-,29-/m0/s1. The van der Waals surface area contributed by atoms with Crippen LogP contribution in [0.4, 0.5) is 28.9 Å². The molecule has 3 aromatic rings. The van der Waals surface area contributed by atoms with Crippen LogP contribution in [0.2, 0.25) is 0 Å². The van der Waals surface area contributed by atoms with Gasteiger partial charge in [0.1, 0.15) is 5.82 Å². The summed E-state index contributed by atoms with van der Waals surface area (Å²) in [4.78, 5) is 13.6. The largest absolute Gasteiger partial charge is 0.416 e. The molecule has 3 aromatic carbocycles. The van der Waals surface area contributed by atoms with Crippen molar-refractivity contribution in [2.45, 2.75) is 51.1 Å². The third-order valence-electron chi connectivity index (χ3n) is 7.28. The van der Waals surface area contributed by atoms with E-state index in [9.17, 15) is 36.6 Å². The molecule has 0 aliphatic carbocycles. The van der Waals surface area contributed by atoms with Crippen LogP contribution in [0, 0.1) is 5.82 Å². The van der Waals surface area contributed by atoms with Crippen LogP contribution in [0.3, 0.4) is 0 Å². The number of hydrogen-bond acceptors (Lipinski definition) is 7. The summed E-state index contributed by atoms with van der Waals surface area (Å²) in [6, 6.07) is 15.6. The highest BCUT2D eigenvalue weighted by atomic mass is 32.3. The highest BCUT2D eigenvalue weighted by molar-refractivity contribution is 8.25. The number of nitrogens with one attached hydrogen (secondary N) is 3. The Balaban J connectivity index is 1.52. The maximum Gasteiger partial charge on any atom is 0.416 e. The van der Waals surface area contributed by atoms with Gasteiger partial charge in [0, 0.05) is 37.4 Å². The number of nitrogens with zero attached hydrogens (tertiary/aromatic N) is 1. The lowest BCUT2D eigenvalue weighted by molar-refractivity contribution is -0.137. The van der Waals surface area contributed by atoms with Gasteiger partial charge in [-0.25, -0.2) is 4.39 Å². The molecule has 240 valence electrons. The number of carbonyl (C=O) groups is 1. The van der Waals surface area contributed by atoms with Crippen molar-refractivity contribution in [2.75, 3.05) is 35.0 Å². The predicted molar refractivity (Wildman–Crippen MR) is 165 cm³/mol. The van der Waals surface area contributed by atoms with E-state index in [2.05, 4.69) is 16.0 Å². The molecule has 8 nitrogen and oxygen atoms in total. The molecule has 0 radical (unpaired) electrons. The van der Waals surface area contributed by atoms with Crippen molar-refractivity contribution in [3.63, 3.8) is 0 Å². The lowest BCUT2D eigenvalue weighted by atomic mass is 10.00. The van der Waals surface area contributed by atoms with Gasteiger partial charge in [-0.3, -0.25) is 18.2 Å². The highest BCUT2D eigenvalue weighted by Gasteiger charge is 2.32. The Morgan fingerprint density at radius 1 is 1.02 bits per heavy atom. The van der Waals surface area contributed by atoms with E-state index in [-0.39, 0.29) is 36.4 Å². The molecule has 4 rings (SSSR count). The third-order valence-corrected chi connectivity index (χ3v) is 9.21. The zero-order valence-electron chi connectivity index (χ0n) is 24.3. The van der Waals surface area contributed by atoms with E-state index in [4.69, 9.17) is 0 Å². The molecule has 13 heteroatoms. The van der Waals surface area contributed by atoms with Gasteiger partial charge < -0.3 is 21.1 Å². The van der Waals surface area contributed by atoms with Crippen molar-refractivity contribution in [1.29, 1.82) is 0 Å². The SMILES string of the molecule is CCNc1cc(C(=O)N[C@@H](Cc2ccccc2)[C@@H](O)CNCc2cc(F)cc(C(F)(F)F)c2)cc(N2CCCCS2(O)O)c1. The Kier molecular flexibility index (Phi) is 11.1. The molecule has 0 unspecified atom stereocenters. The molecule has 1 amide bonds. The van der Waals surface area contributed by atoms with E-state index in [0.717, 1.165) is 24.1 Å². The van der Waals surface area contributed by atoms with Crippen LogP contribution in [0.15, 0.2) is 66.7 Å². The third kappa shape index (κ3) is 9.08. The summed E-state index contributed by atoms with van der Waals surface area (Å²) < 4.78 is 76.1. The van der Waals surface area contributed by atoms with Crippen LogP contribution in [0.25, 0.3) is 0 Å². The molecule has 1 aliphatic rings. The second-order valence-electron chi connectivity index (χ2n) is 10.8. The van der Waals surface area contributed by atoms with Crippen molar-refractivity contribution in [3.8, 4) is 0 Å². The number of amides is 1. The minimum absolute atomic E-state index is 0.0598.